The van der Waals surface area contributed by atoms with Crippen LogP contribution in [0.15, 0.2) is 5.10 Å². The third-order valence-corrected chi connectivity index (χ3v) is 1.92. The molecule has 0 spiro atoms. The highest BCUT2D eigenvalue weighted by Crippen LogP contribution is 2.09. The van der Waals surface area contributed by atoms with Crippen LogP contribution in [0.2, 0.25) is 0 Å². The van der Waals surface area contributed by atoms with Gasteiger partial charge in [-0.2, -0.15) is 10.1 Å². The third-order valence-electron chi connectivity index (χ3n) is 1.92. The topological polar surface area (TPSA) is 18.8 Å². The summed E-state index contributed by atoms with van der Waals surface area (Å²) in [6.07, 6.45) is 0. The zero-order chi connectivity index (χ0) is 7.02. The first-order valence-corrected chi connectivity index (χ1v) is 3.14. The molecule has 0 N–H and O–H groups in total. The van der Waals surface area contributed by atoms with Crippen LogP contribution >= 0.6 is 0 Å². The van der Waals surface area contributed by atoms with Crippen molar-refractivity contribution in [2.45, 2.75) is 19.9 Å². The van der Waals surface area contributed by atoms with Crippen LogP contribution < -0.4 is 0 Å². The van der Waals surface area contributed by atoms with E-state index in [2.05, 4.69) is 17.0 Å². The molecule has 0 fully saturated rings. The van der Waals surface area contributed by atoms with E-state index in [1.165, 1.54) is 5.71 Å². The van der Waals surface area contributed by atoms with Crippen molar-refractivity contribution in [2.24, 2.45) is 5.10 Å². The van der Waals surface area contributed by atoms with Gasteiger partial charge in [0.1, 0.15) is 0 Å². The zero-order valence-electron chi connectivity index (χ0n) is 6.42. The molecule has 0 radical (unpaired) electrons. The monoisotopic (exact) mass is 127 g/mol. The second-order valence-electron chi connectivity index (χ2n) is 2.48. The lowest BCUT2D eigenvalue weighted by Gasteiger charge is -2.21. The molecule has 3 heteroatoms. The van der Waals surface area contributed by atoms with Gasteiger partial charge in [-0.25, -0.2) is 5.12 Å². The molecule has 0 aromatic heterocycles. The van der Waals surface area contributed by atoms with Crippen molar-refractivity contribution in [3.05, 3.63) is 0 Å². The summed E-state index contributed by atoms with van der Waals surface area (Å²) in [5.41, 5.74) is 1.18. The Morgan fingerprint density at radius 1 is 1.44 bits per heavy atom. The van der Waals surface area contributed by atoms with E-state index in [9.17, 15) is 0 Å². The van der Waals surface area contributed by atoms with Crippen molar-refractivity contribution < 1.29 is 0 Å². The van der Waals surface area contributed by atoms with Crippen molar-refractivity contribution in [1.82, 2.24) is 10.1 Å². The van der Waals surface area contributed by atoms with Crippen LogP contribution in [0.4, 0.5) is 0 Å². The SMILES string of the molecule is CC1=NN(C)N(C)C1C. The van der Waals surface area contributed by atoms with E-state index in [-0.39, 0.29) is 0 Å². The fourth-order valence-electron chi connectivity index (χ4n) is 0.903. The van der Waals surface area contributed by atoms with Crippen LogP contribution in [0, 0.1) is 0 Å². The molecule has 0 aliphatic carbocycles. The lowest BCUT2D eigenvalue weighted by Crippen LogP contribution is -2.35. The Morgan fingerprint density at radius 3 is 2.11 bits per heavy atom. The molecular formula is C6H13N3. The van der Waals surface area contributed by atoms with E-state index in [1.807, 2.05) is 26.1 Å². The maximum atomic E-state index is 4.23. The number of rotatable bonds is 0. The average molecular weight is 127 g/mol. The Balaban J connectivity index is 2.70. The predicted molar refractivity (Wildman–Crippen MR) is 38.1 cm³/mol. The maximum absolute atomic E-state index is 4.23. The summed E-state index contributed by atoms with van der Waals surface area (Å²) < 4.78 is 0. The molecule has 1 aliphatic rings. The number of hydrogen-bond acceptors (Lipinski definition) is 3. The smallest absolute Gasteiger partial charge is 0.0675 e. The maximum Gasteiger partial charge on any atom is 0.0675 e. The van der Waals surface area contributed by atoms with Crippen molar-refractivity contribution >= 4 is 5.71 Å². The third kappa shape index (κ3) is 0.920. The second-order valence-corrected chi connectivity index (χ2v) is 2.48. The van der Waals surface area contributed by atoms with Gasteiger partial charge in [-0.15, -0.1) is 0 Å². The molecule has 0 aromatic carbocycles. The van der Waals surface area contributed by atoms with Crippen molar-refractivity contribution in [3.8, 4) is 0 Å². The fraction of sp³-hybridized carbons (Fsp3) is 0.833. The Bertz CT molecular complexity index is 141. The van der Waals surface area contributed by atoms with Crippen LogP contribution in [0.1, 0.15) is 13.8 Å². The van der Waals surface area contributed by atoms with Gasteiger partial charge in [0, 0.05) is 14.1 Å². The molecule has 0 bridgehead atoms. The second kappa shape index (κ2) is 1.99. The highest BCUT2D eigenvalue weighted by molar-refractivity contribution is 5.87. The van der Waals surface area contributed by atoms with E-state index in [1.54, 1.807) is 0 Å². The molecule has 1 unspecified atom stereocenters. The molecule has 0 saturated heterocycles. The van der Waals surface area contributed by atoms with E-state index < -0.39 is 0 Å². The fourth-order valence-corrected chi connectivity index (χ4v) is 0.903. The first-order chi connectivity index (χ1) is 4.13. The first-order valence-electron chi connectivity index (χ1n) is 3.14. The molecule has 0 saturated carbocycles. The standard InChI is InChI=1S/C6H13N3/c1-5-6(2)8(3)9(4)7-5/h6H,1-4H3. The minimum Gasteiger partial charge on any atom is -0.230 e. The molecular weight excluding hydrogens is 114 g/mol. The van der Waals surface area contributed by atoms with Crippen LogP contribution in [0.25, 0.3) is 0 Å². The van der Waals surface area contributed by atoms with Gasteiger partial charge in [-0.05, 0) is 13.8 Å². The van der Waals surface area contributed by atoms with Crippen LogP contribution in [0.3, 0.4) is 0 Å². The first kappa shape index (κ1) is 6.55. The summed E-state index contributed by atoms with van der Waals surface area (Å²) in [6, 6.07) is 0.468. The van der Waals surface area contributed by atoms with Gasteiger partial charge in [0.25, 0.3) is 0 Å². The summed E-state index contributed by atoms with van der Waals surface area (Å²) in [6.45, 7) is 4.19. The summed E-state index contributed by atoms with van der Waals surface area (Å²) in [5, 5.41) is 8.18. The minimum absolute atomic E-state index is 0.468. The normalized spacial score (nSPS) is 29.1. The Labute approximate surface area is 55.9 Å². The highest BCUT2D eigenvalue weighted by atomic mass is 15.8. The summed E-state index contributed by atoms with van der Waals surface area (Å²) in [4.78, 5) is 0. The van der Waals surface area contributed by atoms with Gasteiger partial charge in [0.05, 0.1) is 11.8 Å². The number of hydrazone groups is 1. The van der Waals surface area contributed by atoms with Gasteiger partial charge in [0.15, 0.2) is 0 Å². The number of hydrazine groups is 1. The molecule has 1 atom stereocenters. The van der Waals surface area contributed by atoms with Gasteiger partial charge in [-0.3, -0.25) is 0 Å². The lowest BCUT2D eigenvalue weighted by molar-refractivity contribution is 0.0406. The van der Waals surface area contributed by atoms with Crippen molar-refractivity contribution in [2.75, 3.05) is 14.1 Å². The van der Waals surface area contributed by atoms with Crippen LogP contribution in [-0.4, -0.2) is 36.0 Å². The molecule has 1 heterocycles. The molecule has 1 rings (SSSR count). The number of hydrogen-bond donors (Lipinski definition) is 0. The summed E-state index contributed by atoms with van der Waals surface area (Å²) in [7, 11) is 3.98. The van der Waals surface area contributed by atoms with Crippen LogP contribution in [0.5, 0.6) is 0 Å². The summed E-state index contributed by atoms with van der Waals surface area (Å²) >= 11 is 0. The minimum atomic E-state index is 0.468. The van der Waals surface area contributed by atoms with Crippen LogP contribution in [-0.2, 0) is 0 Å². The van der Waals surface area contributed by atoms with Gasteiger partial charge < -0.3 is 0 Å². The van der Waals surface area contributed by atoms with Crippen molar-refractivity contribution in [3.63, 3.8) is 0 Å². The Morgan fingerprint density at radius 2 is 2.00 bits per heavy atom. The zero-order valence-corrected chi connectivity index (χ0v) is 6.42. The molecule has 3 nitrogen and oxygen atoms in total. The average Bonchev–Trinajstić information content (AvgIpc) is 1.98. The molecule has 1 aliphatic heterocycles. The molecule has 52 valence electrons. The van der Waals surface area contributed by atoms with Gasteiger partial charge >= 0.3 is 0 Å². The van der Waals surface area contributed by atoms with Gasteiger partial charge in [0.2, 0.25) is 0 Å². The highest BCUT2D eigenvalue weighted by Gasteiger charge is 2.21. The lowest BCUT2D eigenvalue weighted by atomic mass is 10.2. The number of nitrogens with zero attached hydrogens (tertiary/aromatic N) is 3. The molecule has 9 heavy (non-hydrogen) atoms. The Kier molecular flexibility index (Phi) is 1.45. The predicted octanol–water partition coefficient (Wildman–Crippen LogP) is 0.543. The largest absolute Gasteiger partial charge is 0.230 e. The van der Waals surface area contributed by atoms with Crippen molar-refractivity contribution in [1.29, 1.82) is 0 Å². The molecule has 0 amide bonds. The Hall–Kier alpha value is -0.570. The molecule has 0 aromatic rings. The quantitative estimate of drug-likeness (QED) is 0.473. The summed E-state index contributed by atoms with van der Waals surface area (Å²) in [5.74, 6) is 0. The van der Waals surface area contributed by atoms with E-state index in [0.29, 0.717) is 6.04 Å². The van der Waals surface area contributed by atoms with E-state index >= 15 is 0 Å². The van der Waals surface area contributed by atoms with E-state index in [4.69, 9.17) is 0 Å². The van der Waals surface area contributed by atoms with E-state index in [0.717, 1.165) is 0 Å². The van der Waals surface area contributed by atoms with Gasteiger partial charge in [-0.1, -0.05) is 0 Å².